The highest BCUT2D eigenvalue weighted by atomic mass is 35.5. The third kappa shape index (κ3) is 4.11. The average molecular weight is 268 g/mol. The Balaban J connectivity index is 0.00000256. The normalized spacial score (nSPS) is 12.8. The molecule has 1 atom stereocenters. The van der Waals surface area contributed by atoms with Gasteiger partial charge in [0.15, 0.2) is 0 Å². The Labute approximate surface area is 105 Å². The van der Waals surface area contributed by atoms with Crippen LogP contribution in [-0.2, 0) is 0 Å². The van der Waals surface area contributed by atoms with E-state index >= 15 is 0 Å². The molecule has 0 fully saturated rings. The molecule has 0 heterocycles. The monoisotopic (exact) mass is 267 g/mol. The largest absolute Gasteiger partial charge is 0.494 e. The van der Waals surface area contributed by atoms with E-state index < -0.39 is 18.6 Å². The summed E-state index contributed by atoms with van der Waals surface area (Å²) in [7, 11) is 0. The first-order valence-corrected chi connectivity index (χ1v) is 4.98. The molecule has 0 saturated carbocycles. The van der Waals surface area contributed by atoms with Gasteiger partial charge in [0.2, 0.25) is 0 Å². The van der Waals surface area contributed by atoms with E-state index in [9.17, 15) is 8.78 Å². The molecule has 0 saturated heterocycles. The predicted octanol–water partition coefficient (Wildman–Crippen LogP) is 2.13. The smallest absolute Gasteiger partial charge is 0.289 e. The zero-order valence-corrected chi connectivity index (χ0v) is 10.2. The van der Waals surface area contributed by atoms with Gasteiger partial charge in [0.1, 0.15) is 12.4 Å². The third-order valence-electron chi connectivity index (χ3n) is 2.19. The second kappa shape index (κ2) is 6.74. The number of halogens is 3. The molecule has 0 aliphatic rings. The first kappa shape index (κ1) is 16.1. The molecule has 98 valence electrons. The van der Waals surface area contributed by atoms with Crippen molar-refractivity contribution in [1.82, 2.24) is 0 Å². The molecule has 0 aliphatic carbocycles. The molecule has 6 heteroatoms. The van der Waals surface area contributed by atoms with E-state index in [1.807, 2.05) is 0 Å². The predicted molar refractivity (Wildman–Crippen MR) is 63.8 cm³/mol. The van der Waals surface area contributed by atoms with Crippen LogP contribution in [0.5, 0.6) is 5.75 Å². The van der Waals surface area contributed by atoms with Crippen molar-refractivity contribution in [3.63, 3.8) is 0 Å². The average Bonchev–Trinajstić information content (AvgIpc) is 2.29. The van der Waals surface area contributed by atoms with E-state index in [0.717, 1.165) is 0 Å². The van der Waals surface area contributed by atoms with Gasteiger partial charge >= 0.3 is 0 Å². The van der Waals surface area contributed by atoms with Crippen molar-refractivity contribution in [2.24, 2.45) is 5.73 Å². The van der Waals surface area contributed by atoms with E-state index in [2.05, 4.69) is 0 Å². The maximum atomic E-state index is 13.1. The van der Waals surface area contributed by atoms with Crippen molar-refractivity contribution in [2.45, 2.75) is 18.9 Å². The maximum Gasteiger partial charge on any atom is 0.289 e. The minimum Gasteiger partial charge on any atom is -0.494 e. The molecule has 1 aromatic rings. The second-order valence-electron chi connectivity index (χ2n) is 3.40. The molecule has 0 unspecified atom stereocenters. The van der Waals surface area contributed by atoms with Crippen LogP contribution in [-0.4, -0.2) is 24.2 Å². The fourth-order valence-electron chi connectivity index (χ4n) is 1.31. The number of ether oxygens (including phenoxy) is 1. The Morgan fingerprint density at radius 3 is 2.65 bits per heavy atom. The summed E-state index contributed by atoms with van der Waals surface area (Å²) >= 11 is 0. The minimum absolute atomic E-state index is 0. The summed E-state index contributed by atoms with van der Waals surface area (Å²) in [5.41, 5.74) is 5.62. The summed E-state index contributed by atoms with van der Waals surface area (Å²) in [6.45, 7) is 0.983. The summed E-state index contributed by atoms with van der Waals surface area (Å²) in [6.07, 6.45) is 0. The molecular weight excluding hydrogens is 252 g/mol. The lowest BCUT2D eigenvalue weighted by atomic mass is 10.0. The Hall–Kier alpha value is -0.910. The molecule has 3 nitrogen and oxygen atoms in total. The van der Waals surface area contributed by atoms with Gasteiger partial charge in [0.25, 0.3) is 5.92 Å². The number of hydrogen-bond acceptors (Lipinski definition) is 3. The van der Waals surface area contributed by atoms with Crippen LogP contribution >= 0.6 is 12.4 Å². The van der Waals surface area contributed by atoms with Crippen molar-refractivity contribution in [2.75, 3.05) is 13.2 Å². The van der Waals surface area contributed by atoms with Gasteiger partial charge in [0.05, 0.1) is 12.6 Å². The van der Waals surface area contributed by atoms with Crippen LogP contribution in [0.4, 0.5) is 8.78 Å². The molecule has 17 heavy (non-hydrogen) atoms. The standard InChI is InChI=1S/C11H15F2NO2.ClH/c1-2-16-9-5-3-4-8(6-9)10(14)11(12,13)7-15;/h3-6,10,15H,2,7,14H2,1H3;1H/t10-;/m0./s1. The van der Waals surface area contributed by atoms with Crippen molar-refractivity contribution in [3.05, 3.63) is 29.8 Å². The first-order valence-electron chi connectivity index (χ1n) is 4.98. The van der Waals surface area contributed by atoms with E-state index in [1.54, 1.807) is 19.1 Å². The molecule has 1 rings (SSSR count). The Bertz CT molecular complexity index is 350. The van der Waals surface area contributed by atoms with Crippen molar-refractivity contribution < 1.29 is 18.6 Å². The molecule has 3 N–H and O–H groups in total. The Morgan fingerprint density at radius 1 is 1.47 bits per heavy atom. The molecule has 0 bridgehead atoms. The topological polar surface area (TPSA) is 55.5 Å². The maximum absolute atomic E-state index is 13.1. The van der Waals surface area contributed by atoms with Gasteiger partial charge in [-0.3, -0.25) is 0 Å². The first-order chi connectivity index (χ1) is 7.51. The highest BCUT2D eigenvalue weighted by Crippen LogP contribution is 2.30. The van der Waals surface area contributed by atoms with Gasteiger partial charge < -0.3 is 15.6 Å². The lowest BCUT2D eigenvalue weighted by Crippen LogP contribution is -2.36. The van der Waals surface area contributed by atoms with Crippen LogP contribution in [0.15, 0.2) is 24.3 Å². The van der Waals surface area contributed by atoms with Crippen LogP contribution in [0.2, 0.25) is 0 Å². The van der Waals surface area contributed by atoms with Gasteiger partial charge in [0, 0.05) is 0 Å². The third-order valence-corrected chi connectivity index (χ3v) is 2.19. The number of aliphatic hydroxyl groups excluding tert-OH is 1. The summed E-state index contributed by atoms with van der Waals surface area (Å²) in [5.74, 6) is -2.84. The Kier molecular flexibility index (Phi) is 6.37. The van der Waals surface area contributed by atoms with Gasteiger partial charge in [-0.2, -0.15) is 0 Å². The second-order valence-corrected chi connectivity index (χ2v) is 3.40. The van der Waals surface area contributed by atoms with Gasteiger partial charge in [-0.05, 0) is 24.6 Å². The van der Waals surface area contributed by atoms with Crippen LogP contribution < -0.4 is 10.5 Å². The van der Waals surface area contributed by atoms with Crippen molar-refractivity contribution in [3.8, 4) is 5.75 Å². The van der Waals surface area contributed by atoms with Crippen molar-refractivity contribution in [1.29, 1.82) is 0 Å². The summed E-state index contributed by atoms with van der Waals surface area (Å²) < 4.78 is 31.4. The zero-order valence-electron chi connectivity index (χ0n) is 9.40. The van der Waals surface area contributed by atoms with Crippen LogP contribution in [0.3, 0.4) is 0 Å². The van der Waals surface area contributed by atoms with Crippen LogP contribution in [0.25, 0.3) is 0 Å². The molecular formula is C11H16ClF2NO2. The van der Waals surface area contributed by atoms with E-state index in [0.29, 0.717) is 12.4 Å². The van der Waals surface area contributed by atoms with E-state index in [4.69, 9.17) is 15.6 Å². The zero-order chi connectivity index (χ0) is 12.2. The van der Waals surface area contributed by atoms with Crippen LogP contribution in [0.1, 0.15) is 18.5 Å². The number of rotatable bonds is 5. The summed E-state index contributed by atoms with van der Waals surface area (Å²) in [4.78, 5) is 0. The van der Waals surface area contributed by atoms with Crippen molar-refractivity contribution >= 4 is 12.4 Å². The minimum atomic E-state index is -3.33. The highest BCUT2D eigenvalue weighted by molar-refractivity contribution is 5.85. The van der Waals surface area contributed by atoms with Gasteiger partial charge in [-0.15, -0.1) is 12.4 Å². The number of nitrogens with two attached hydrogens (primary N) is 1. The molecule has 0 aliphatic heterocycles. The van der Waals surface area contributed by atoms with Gasteiger partial charge in [-0.25, -0.2) is 8.78 Å². The fourth-order valence-corrected chi connectivity index (χ4v) is 1.31. The number of benzene rings is 1. The quantitative estimate of drug-likeness (QED) is 0.859. The number of aliphatic hydroxyl groups is 1. The highest BCUT2D eigenvalue weighted by Gasteiger charge is 2.37. The SMILES string of the molecule is CCOc1cccc([C@H](N)C(F)(F)CO)c1.Cl. The molecule has 0 amide bonds. The molecule has 0 radical (unpaired) electrons. The molecule has 1 aromatic carbocycles. The summed E-state index contributed by atoms with van der Waals surface area (Å²) in [6, 6.07) is 4.66. The lowest BCUT2D eigenvalue weighted by Gasteiger charge is -2.22. The fraction of sp³-hybridized carbons (Fsp3) is 0.455. The lowest BCUT2D eigenvalue weighted by molar-refractivity contribution is -0.0712. The number of alkyl halides is 2. The van der Waals surface area contributed by atoms with Crippen LogP contribution in [0, 0.1) is 0 Å². The molecule has 0 spiro atoms. The van der Waals surface area contributed by atoms with Gasteiger partial charge in [-0.1, -0.05) is 12.1 Å². The van der Waals surface area contributed by atoms with E-state index in [1.165, 1.54) is 12.1 Å². The Morgan fingerprint density at radius 2 is 2.12 bits per heavy atom. The molecule has 0 aromatic heterocycles. The van der Waals surface area contributed by atoms with E-state index in [-0.39, 0.29) is 18.0 Å². The summed E-state index contributed by atoms with van der Waals surface area (Å²) in [5, 5.41) is 8.54. The number of hydrogen-bond donors (Lipinski definition) is 2.